The van der Waals surface area contributed by atoms with Crippen LogP contribution in [0.25, 0.3) is 0 Å². The zero-order valence-corrected chi connectivity index (χ0v) is 10.3. The van der Waals surface area contributed by atoms with Gasteiger partial charge in [-0.05, 0) is 26.0 Å². The number of benzene rings is 1. The molecule has 0 bridgehead atoms. The summed E-state index contributed by atoms with van der Waals surface area (Å²) >= 11 is 0. The van der Waals surface area contributed by atoms with Gasteiger partial charge in [0.25, 0.3) is 0 Å². The summed E-state index contributed by atoms with van der Waals surface area (Å²) in [6.45, 7) is 4.04. The molecule has 0 aromatic heterocycles. The number of methoxy groups -OCH3 is 1. The largest absolute Gasteiger partial charge is 0.493 e. The Balaban J connectivity index is 2.88. The van der Waals surface area contributed by atoms with E-state index >= 15 is 0 Å². The van der Waals surface area contributed by atoms with Crippen molar-refractivity contribution >= 4 is 11.6 Å². The van der Waals surface area contributed by atoms with Gasteiger partial charge in [-0.25, -0.2) is 0 Å². The molecule has 5 heteroatoms. The standard InChI is InChI=1S/C12H18N2O3/c1-4-17-11-7-9(5-6-10(11)16-3)14-12(15)8(2)13/h5-8H,4,13H2,1-3H3,(H,14,15). The van der Waals surface area contributed by atoms with E-state index in [1.54, 1.807) is 32.2 Å². The molecular weight excluding hydrogens is 220 g/mol. The van der Waals surface area contributed by atoms with E-state index in [-0.39, 0.29) is 5.91 Å². The summed E-state index contributed by atoms with van der Waals surface area (Å²) in [5.41, 5.74) is 6.10. The average Bonchev–Trinajstić information content (AvgIpc) is 2.29. The Hall–Kier alpha value is -1.75. The first-order chi connectivity index (χ1) is 8.08. The normalized spacial score (nSPS) is 11.8. The first-order valence-electron chi connectivity index (χ1n) is 5.45. The highest BCUT2D eigenvalue weighted by Crippen LogP contribution is 2.30. The van der Waals surface area contributed by atoms with E-state index in [4.69, 9.17) is 15.2 Å². The van der Waals surface area contributed by atoms with Gasteiger partial charge in [0.2, 0.25) is 5.91 Å². The molecule has 94 valence electrons. The maximum atomic E-state index is 11.4. The Morgan fingerprint density at radius 3 is 2.71 bits per heavy atom. The Morgan fingerprint density at radius 2 is 2.18 bits per heavy atom. The molecule has 1 unspecified atom stereocenters. The number of amides is 1. The van der Waals surface area contributed by atoms with Gasteiger partial charge in [0.05, 0.1) is 19.8 Å². The summed E-state index contributed by atoms with van der Waals surface area (Å²) in [4.78, 5) is 11.4. The van der Waals surface area contributed by atoms with Gasteiger partial charge in [0.15, 0.2) is 11.5 Å². The number of anilines is 1. The summed E-state index contributed by atoms with van der Waals surface area (Å²) in [7, 11) is 1.57. The molecule has 1 atom stereocenters. The summed E-state index contributed by atoms with van der Waals surface area (Å²) in [5.74, 6) is 0.987. The van der Waals surface area contributed by atoms with Gasteiger partial charge >= 0.3 is 0 Å². The van der Waals surface area contributed by atoms with Gasteiger partial charge in [0, 0.05) is 11.8 Å². The summed E-state index contributed by atoms with van der Waals surface area (Å²) in [6.07, 6.45) is 0. The second-order valence-electron chi connectivity index (χ2n) is 3.58. The number of nitrogens with one attached hydrogen (secondary N) is 1. The van der Waals surface area contributed by atoms with E-state index in [0.29, 0.717) is 23.8 Å². The lowest BCUT2D eigenvalue weighted by atomic mass is 10.2. The highest BCUT2D eigenvalue weighted by molar-refractivity contribution is 5.94. The molecular formula is C12H18N2O3. The van der Waals surface area contributed by atoms with Gasteiger partial charge in [-0.1, -0.05) is 0 Å². The predicted molar refractivity (Wildman–Crippen MR) is 66.4 cm³/mol. The van der Waals surface area contributed by atoms with E-state index in [1.165, 1.54) is 0 Å². The minimum absolute atomic E-state index is 0.238. The maximum absolute atomic E-state index is 11.4. The molecule has 0 aliphatic rings. The van der Waals surface area contributed by atoms with E-state index in [9.17, 15) is 4.79 Å². The fourth-order valence-corrected chi connectivity index (χ4v) is 1.28. The molecule has 0 aliphatic carbocycles. The minimum Gasteiger partial charge on any atom is -0.493 e. The Kier molecular flexibility index (Phi) is 4.78. The number of ether oxygens (including phenoxy) is 2. The SMILES string of the molecule is CCOc1cc(NC(=O)C(C)N)ccc1OC. The predicted octanol–water partition coefficient (Wildman–Crippen LogP) is 1.38. The first-order valence-corrected chi connectivity index (χ1v) is 5.45. The zero-order chi connectivity index (χ0) is 12.8. The topological polar surface area (TPSA) is 73.6 Å². The molecule has 3 N–H and O–H groups in total. The molecule has 5 nitrogen and oxygen atoms in total. The molecule has 0 saturated carbocycles. The number of rotatable bonds is 5. The van der Waals surface area contributed by atoms with Crippen molar-refractivity contribution < 1.29 is 14.3 Å². The van der Waals surface area contributed by atoms with Crippen LogP contribution in [0.3, 0.4) is 0 Å². The van der Waals surface area contributed by atoms with E-state index in [2.05, 4.69) is 5.32 Å². The van der Waals surface area contributed by atoms with E-state index in [0.717, 1.165) is 0 Å². The van der Waals surface area contributed by atoms with Crippen LogP contribution >= 0.6 is 0 Å². The summed E-state index contributed by atoms with van der Waals surface area (Å²) in [5, 5.41) is 2.69. The smallest absolute Gasteiger partial charge is 0.241 e. The number of nitrogens with two attached hydrogens (primary N) is 1. The molecule has 0 saturated heterocycles. The maximum Gasteiger partial charge on any atom is 0.241 e. The fraction of sp³-hybridized carbons (Fsp3) is 0.417. The van der Waals surface area contributed by atoms with Crippen molar-refractivity contribution in [3.05, 3.63) is 18.2 Å². The minimum atomic E-state index is -0.548. The van der Waals surface area contributed by atoms with Crippen molar-refractivity contribution in [1.82, 2.24) is 0 Å². The second-order valence-corrected chi connectivity index (χ2v) is 3.58. The van der Waals surface area contributed by atoms with Crippen LogP contribution in [0, 0.1) is 0 Å². The van der Waals surface area contributed by atoms with Crippen LogP contribution in [-0.4, -0.2) is 25.7 Å². The molecule has 0 radical (unpaired) electrons. The van der Waals surface area contributed by atoms with Crippen LogP contribution in [0.1, 0.15) is 13.8 Å². The van der Waals surface area contributed by atoms with Crippen LogP contribution in [0.2, 0.25) is 0 Å². The summed E-state index contributed by atoms with van der Waals surface area (Å²) < 4.78 is 10.5. The third-order valence-electron chi connectivity index (χ3n) is 2.14. The van der Waals surface area contributed by atoms with Crippen LogP contribution < -0.4 is 20.5 Å². The lowest BCUT2D eigenvalue weighted by molar-refractivity contribution is -0.117. The second kappa shape index (κ2) is 6.10. The van der Waals surface area contributed by atoms with Crippen molar-refractivity contribution in [1.29, 1.82) is 0 Å². The Labute approximate surface area is 101 Å². The van der Waals surface area contributed by atoms with Gasteiger partial charge in [0.1, 0.15) is 0 Å². The molecule has 1 rings (SSSR count). The number of carbonyl (C=O) groups excluding carboxylic acids is 1. The number of hydrogen-bond acceptors (Lipinski definition) is 4. The fourth-order valence-electron chi connectivity index (χ4n) is 1.28. The van der Waals surface area contributed by atoms with Crippen LogP contribution in [0.4, 0.5) is 5.69 Å². The van der Waals surface area contributed by atoms with Crippen LogP contribution in [0.5, 0.6) is 11.5 Å². The molecule has 0 aliphatic heterocycles. The molecule has 0 heterocycles. The average molecular weight is 238 g/mol. The van der Waals surface area contributed by atoms with Crippen LogP contribution in [-0.2, 0) is 4.79 Å². The van der Waals surface area contributed by atoms with E-state index in [1.807, 2.05) is 6.92 Å². The van der Waals surface area contributed by atoms with E-state index < -0.39 is 6.04 Å². The third-order valence-corrected chi connectivity index (χ3v) is 2.14. The number of hydrogen-bond donors (Lipinski definition) is 2. The van der Waals surface area contributed by atoms with Crippen LogP contribution in [0.15, 0.2) is 18.2 Å². The third kappa shape index (κ3) is 3.64. The van der Waals surface area contributed by atoms with Crippen molar-refractivity contribution in [2.45, 2.75) is 19.9 Å². The van der Waals surface area contributed by atoms with Crippen molar-refractivity contribution in [3.8, 4) is 11.5 Å². The molecule has 1 aromatic rings. The van der Waals surface area contributed by atoms with Gasteiger partial charge in [-0.15, -0.1) is 0 Å². The molecule has 0 fully saturated rings. The lowest BCUT2D eigenvalue weighted by Crippen LogP contribution is -2.32. The molecule has 1 aromatic carbocycles. The zero-order valence-electron chi connectivity index (χ0n) is 10.3. The molecule has 0 spiro atoms. The monoisotopic (exact) mass is 238 g/mol. The lowest BCUT2D eigenvalue weighted by Gasteiger charge is -2.12. The quantitative estimate of drug-likeness (QED) is 0.812. The molecule has 17 heavy (non-hydrogen) atoms. The van der Waals surface area contributed by atoms with Crippen molar-refractivity contribution in [2.75, 3.05) is 19.0 Å². The van der Waals surface area contributed by atoms with Gasteiger partial charge in [-0.2, -0.15) is 0 Å². The number of carbonyl (C=O) groups is 1. The van der Waals surface area contributed by atoms with Crippen molar-refractivity contribution in [2.24, 2.45) is 5.73 Å². The first kappa shape index (κ1) is 13.3. The molecule has 1 amide bonds. The van der Waals surface area contributed by atoms with Gasteiger partial charge < -0.3 is 20.5 Å². The van der Waals surface area contributed by atoms with Gasteiger partial charge in [-0.3, -0.25) is 4.79 Å². The highest BCUT2D eigenvalue weighted by atomic mass is 16.5. The Morgan fingerprint density at radius 1 is 1.47 bits per heavy atom. The summed E-state index contributed by atoms with van der Waals surface area (Å²) in [6, 6.07) is 4.64. The Bertz CT molecular complexity index is 391. The highest BCUT2D eigenvalue weighted by Gasteiger charge is 2.10. The van der Waals surface area contributed by atoms with Crippen molar-refractivity contribution in [3.63, 3.8) is 0 Å².